The van der Waals surface area contributed by atoms with Crippen LogP contribution in [-0.4, -0.2) is 12.9 Å². The molecule has 0 spiro atoms. The summed E-state index contributed by atoms with van der Waals surface area (Å²) >= 11 is 0. The molecule has 20 heavy (non-hydrogen) atoms. The molecule has 2 aromatic rings. The Balaban J connectivity index is 0.00000200. The second-order valence-corrected chi connectivity index (χ2v) is 3.78. The molecule has 0 radical (unpaired) electrons. The van der Waals surface area contributed by atoms with Crippen molar-refractivity contribution in [1.82, 2.24) is 0 Å². The molecule has 4 nitrogen and oxygen atoms in total. The Morgan fingerprint density at radius 3 is 2.25 bits per heavy atom. The largest absolute Gasteiger partial charge is 0.493 e. The van der Waals surface area contributed by atoms with Crippen LogP contribution in [0.3, 0.4) is 0 Å². The highest BCUT2D eigenvalue weighted by Crippen LogP contribution is 2.33. The molecule has 0 aliphatic carbocycles. The van der Waals surface area contributed by atoms with Gasteiger partial charge in [0.1, 0.15) is 17.4 Å². The van der Waals surface area contributed by atoms with Crippen molar-refractivity contribution >= 4 is 18.2 Å². The monoisotopic (exact) mass is 296 g/mol. The molecule has 0 atom stereocenters. The van der Waals surface area contributed by atoms with Crippen LogP contribution in [0.4, 0.5) is 4.39 Å². The third-order valence-corrected chi connectivity index (χ3v) is 2.53. The van der Waals surface area contributed by atoms with Gasteiger partial charge in [-0.3, -0.25) is 5.41 Å². The maximum atomic E-state index is 13.7. The van der Waals surface area contributed by atoms with E-state index in [1.807, 2.05) is 0 Å². The standard InChI is InChI=1S/C14H13FN2O2.ClH/c1-18-10-6-2-3-7-11(10)19-12-8-4-5-9(15)13(12)14(16)17;/h2-8H,1H3,(H3,16,17);1H. The van der Waals surface area contributed by atoms with Crippen LogP contribution in [0.1, 0.15) is 5.56 Å². The zero-order chi connectivity index (χ0) is 13.8. The molecule has 0 bridgehead atoms. The number of para-hydroxylation sites is 2. The van der Waals surface area contributed by atoms with E-state index in [1.165, 1.54) is 19.2 Å². The van der Waals surface area contributed by atoms with Crippen LogP contribution in [-0.2, 0) is 0 Å². The van der Waals surface area contributed by atoms with Crippen molar-refractivity contribution in [2.45, 2.75) is 0 Å². The van der Waals surface area contributed by atoms with Crippen molar-refractivity contribution in [3.05, 3.63) is 53.8 Å². The Hall–Kier alpha value is -2.27. The molecular formula is C14H14ClFN2O2. The summed E-state index contributed by atoms with van der Waals surface area (Å²) < 4.78 is 24.4. The molecular weight excluding hydrogens is 283 g/mol. The van der Waals surface area contributed by atoms with E-state index in [4.69, 9.17) is 20.6 Å². The number of methoxy groups -OCH3 is 1. The Morgan fingerprint density at radius 2 is 1.65 bits per heavy atom. The van der Waals surface area contributed by atoms with E-state index in [9.17, 15) is 4.39 Å². The average molecular weight is 297 g/mol. The van der Waals surface area contributed by atoms with Crippen molar-refractivity contribution in [2.24, 2.45) is 5.73 Å². The van der Waals surface area contributed by atoms with E-state index >= 15 is 0 Å². The highest BCUT2D eigenvalue weighted by Gasteiger charge is 2.14. The fourth-order valence-electron chi connectivity index (χ4n) is 1.67. The number of nitrogen functional groups attached to an aromatic ring is 1. The summed E-state index contributed by atoms with van der Waals surface area (Å²) in [6, 6.07) is 11.2. The van der Waals surface area contributed by atoms with Crippen molar-refractivity contribution in [1.29, 1.82) is 5.41 Å². The van der Waals surface area contributed by atoms with Crippen LogP contribution < -0.4 is 15.2 Å². The van der Waals surface area contributed by atoms with Gasteiger partial charge in [0.2, 0.25) is 0 Å². The van der Waals surface area contributed by atoms with Gasteiger partial charge in [-0.1, -0.05) is 18.2 Å². The summed E-state index contributed by atoms with van der Waals surface area (Å²) in [6.45, 7) is 0. The minimum Gasteiger partial charge on any atom is -0.493 e. The summed E-state index contributed by atoms with van der Waals surface area (Å²) in [6.07, 6.45) is 0. The first kappa shape index (κ1) is 15.8. The highest BCUT2D eigenvalue weighted by atomic mass is 35.5. The zero-order valence-corrected chi connectivity index (χ0v) is 11.5. The molecule has 0 saturated carbocycles. The minimum atomic E-state index is -0.597. The van der Waals surface area contributed by atoms with Crippen molar-refractivity contribution in [2.75, 3.05) is 7.11 Å². The quantitative estimate of drug-likeness (QED) is 0.671. The Labute approximate surface area is 122 Å². The molecule has 3 N–H and O–H groups in total. The number of halogens is 2. The molecule has 0 aliphatic heterocycles. The lowest BCUT2D eigenvalue weighted by Gasteiger charge is -2.13. The molecule has 2 rings (SSSR count). The molecule has 0 unspecified atom stereocenters. The van der Waals surface area contributed by atoms with Gasteiger partial charge < -0.3 is 15.2 Å². The first-order chi connectivity index (χ1) is 9.13. The second kappa shape index (κ2) is 6.77. The number of ether oxygens (including phenoxy) is 2. The van der Waals surface area contributed by atoms with E-state index in [0.717, 1.165) is 0 Å². The molecule has 0 aromatic heterocycles. The smallest absolute Gasteiger partial charge is 0.169 e. The molecule has 2 aromatic carbocycles. The molecule has 0 aliphatic rings. The first-order valence-electron chi connectivity index (χ1n) is 5.57. The van der Waals surface area contributed by atoms with E-state index in [1.54, 1.807) is 30.3 Å². The maximum Gasteiger partial charge on any atom is 0.169 e. The first-order valence-corrected chi connectivity index (χ1v) is 5.57. The summed E-state index contributed by atoms with van der Waals surface area (Å²) in [5.74, 6) is 0.138. The topological polar surface area (TPSA) is 68.3 Å². The van der Waals surface area contributed by atoms with Gasteiger partial charge in [0.05, 0.1) is 12.7 Å². The Bertz CT molecular complexity index is 620. The predicted octanol–water partition coefficient (Wildman–Crippen LogP) is 3.33. The molecule has 106 valence electrons. The predicted molar refractivity (Wildman–Crippen MR) is 77.7 cm³/mol. The van der Waals surface area contributed by atoms with Crippen LogP contribution in [0.2, 0.25) is 0 Å². The van der Waals surface area contributed by atoms with Gasteiger partial charge in [-0.15, -0.1) is 12.4 Å². The Morgan fingerprint density at radius 1 is 1.05 bits per heavy atom. The van der Waals surface area contributed by atoms with Crippen LogP contribution in [0.15, 0.2) is 42.5 Å². The second-order valence-electron chi connectivity index (χ2n) is 3.78. The summed E-state index contributed by atoms with van der Waals surface area (Å²) in [4.78, 5) is 0. The molecule has 0 saturated heterocycles. The maximum absolute atomic E-state index is 13.7. The molecule has 6 heteroatoms. The van der Waals surface area contributed by atoms with Crippen molar-refractivity contribution in [3.8, 4) is 17.2 Å². The van der Waals surface area contributed by atoms with Crippen molar-refractivity contribution in [3.63, 3.8) is 0 Å². The van der Waals surface area contributed by atoms with E-state index in [-0.39, 0.29) is 29.6 Å². The fourth-order valence-corrected chi connectivity index (χ4v) is 1.67. The number of nitrogens with two attached hydrogens (primary N) is 1. The van der Waals surface area contributed by atoms with E-state index in [0.29, 0.717) is 11.5 Å². The van der Waals surface area contributed by atoms with Gasteiger partial charge in [0, 0.05) is 0 Å². The lowest BCUT2D eigenvalue weighted by Crippen LogP contribution is -2.14. The highest BCUT2D eigenvalue weighted by molar-refractivity contribution is 5.98. The van der Waals surface area contributed by atoms with Crippen LogP contribution in [0.5, 0.6) is 17.2 Å². The van der Waals surface area contributed by atoms with Crippen molar-refractivity contribution < 1.29 is 13.9 Å². The summed E-state index contributed by atoms with van der Waals surface area (Å²) in [5.41, 5.74) is 5.31. The van der Waals surface area contributed by atoms with Gasteiger partial charge in [0.15, 0.2) is 11.5 Å². The molecule has 0 heterocycles. The van der Waals surface area contributed by atoms with Crippen LogP contribution in [0, 0.1) is 11.2 Å². The third kappa shape index (κ3) is 3.19. The van der Waals surface area contributed by atoms with Gasteiger partial charge in [0.25, 0.3) is 0 Å². The van der Waals surface area contributed by atoms with Gasteiger partial charge >= 0.3 is 0 Å². The normalized spacial score (nSPS) is 9.50. The van der Waals surface area contributed by atoms with Crippen LogP contribution >= 0.6 is 12.4 Å². The lowest BCUT2D eigenvalue weighted by atomic mass is 10.1. The molecule has 0 amide bonds. The number of nitrogens with one attached hydrogen (secondary N) is 1. The zero-order valence-electron chi connectivity index (χ0n) is 10.7. The average Bonchev–Trinajstić information content (AvgIpc) is 2.39. The van der Waals surface area contributed by atoms with Crippen LogP contribution in [0.25, 0.3) is 0 Å². The summed E-state index contributed by atoms with van der Waals surface area (Å²) in [5, 5.41) is 7.41. The number of hydrogen-bond donors (Lipinski definition) is 2. The van der Waals surface area contributed by atoms with E-state index in [2.05, 4.69) is 0 Å². The Kier molecular flexibility index (Phi) is 5.34. The number of hydrogen-bond acceptors (Lipinski definition) is 3. The number of rotatable bonds is 4. The number of amidine groups is 1. The van der Waals surface area contributed by atoms with Gasteiger partial charge in [-0.25, -0.2) is 4.39 Å². The fraction of sp³-hybridized carbons (Fsp3) is 0.0714. The number of benzene rings is 2. The van der Waals surface area contributed by atoms with E-state index < -0.39 is 5.82 Å². The summed E-state index contributed by atoms with van der Waals surface area (Å²) in [7, 11) is 1.51. The lowest BCUT2D eigenvalue weighted by molar-refractivity contribution is 0.378. The van der Waals surface area contributed by atoms with Gasteiger partial charge in [-0.05, 0) is 24.3 Å². The van der Waals surface area contributed by atoms with Gasteiger partial charge in [-0.2, -0.15) is 0 Å². The SMILES string of the molecule is COc1ccccc1Oc1cccc(F)c1C(=N)N.Cl. The third-order valence-electron chi connectivity index (χ3n) is 2.53. The molecule has 0 fully saturated rings. The minimum absolute atomic E-state index is 0.